The van der Waals surface area contributed by atoms with Gasteiger partial charge in [0.2, 0.25) is 0 Å². The van der Waals surface area contributed by atoms with Crippen LogP contribution in [0.5, 0.6) is 5.75 Å². The molecule has 0 fully saturated rings. The molecule has 0 spiro atoms. The summed E-state index contributed by atoms with van der Waals surface area (Å²) in [6.07, 6.45) is 0. The first-order chi connectivity index (χ1) is 9.23. The van der Waals surface area contributed by atoms with Crippen LogP contribution in [0.1, 0.15) is 5.56 Å². The molecule has 0 aliphatic carbocycles. The molecule has 98 valence electrons. The smallest absolute Gasteiger partial charge is 0.142 e. The quantitative estimate of drug-likeness (QED) is 0.717. The maximum absolute atomic E-state index is 5.99. The highest BCUT2D eigenvalue weighted by Gasteiger charge is 2.35. The van der Waals surface area contributed by atoms with Crippen LogP contribution in [0.4, 0.5) is 11.4 Å². The Hall–Kier alpha value is -2.20. The van der Waals surface area contributed by atoms with Crippen LogP contribution >= 0.6 is 0 Å². The van der Waals surface area contributed by atoms with Crippen molar-refractivity contribution in [2.24, 2.45) is 5.73 Å². The Balaban J connectivity index is 2.02. The Morgan fingerprint density at radius 3 is 2.68 bits per heavy atom. The van der Waals surface area contributed by atoms with E-state index in [4.69, 9.17) is 16.2 Å². The van der Waals surface area contributed by atoms with Gasteiger partial charge in [0.1, 0.15) is 17.9 Å². The number of ether oxygens (including phenoxy) is 1. The van der Waals surface area contributed by atoms with Gasteiger partial charge >= 0.3 is 0 Å². The Kier molecular flexibility index (Phi) is 2.80. The fourth-order valence-electron chi connectivity index (χ4n) is 2.41. The van der Waals surface area contributed by atoms with Crippen molar-refractivity contribution < 1.29 is 4.74 Å². The maximum Gasteiger partial charge on any atom is 0.142 e. The summed E-state index contributed by atoms with van der Waals surface area (Å²) in [5.41, 5.74) is 14.1. The van der Waals surface area contributed by atoms with Gasteiger partial charge in [0.25, 0.3) is 0 Å². The molecule has 0 aromatic heterocycles. The Bertz CT molecular complexity index is 585. The molecule has 1 atom stereocenters. The number of anilines is 2. The first kappa shape index (κ1) is 11.9. The van der Waals surface area contributed by atoms with E-state index < -0.39 is 5.54 Å². The molecule has 1 heterocycles. The number of rotatable bonds is 2. The van der Waals surface area contributed by atoms with Gasteiger partial charge in [0.15, 0.2) is 0 Å². The third kappa shape index (κ3) is 2.00. The molecule has 19 heavy (non-hydrogen) atoms. The largest absolute Gasteiger partial charge is 0.489 e. The van der Waals surface area contributed by atoms with Crippen molar-refractivity contribution in [1.82, 2.24) is 0 Å². The predicted octanol–water partition coefficient (Wildman–Crippen LogP) is 1.93. The van der Waals surface area contributed by atoms with Gasteiger partial charge in [-0.2, -0.15) is 0 Å². The van der Waals surface area contributed by atoms with Crippen LogP contribution in [0.15, 0.2) is 48.5 Å². The fourth-order valence-corrected chi connectivity index (χ4v) is 2.41. The normalized spacial score (nSPS) is 21.1. The van der Waals surface area contributed by atoms with Crippen LogP contribution < -0.4 is 21.5 Å². The van der Waals surface area contributed by atoms with Gasteiger partial charge in [-0.05, 0) is 23.8 Å². The van der Waals surface area contributed by atoms with Gasteiger partial charge in [-0.25, -0.2) is 0 Å². The monoisotopic (exact) mass is 255 g/mol. The van der Waals surface area contributed by atoms with E-state index in [-0.39, 0.29) is 0 Å². The third-order valence-corrected chi connectivity index (χ3v) is 3.53. The number of hydrogen-bond donors (Lipinski definition) is 3. The van der Waals surface area contributed by atoms with Gasteiger partial charge in [0, 0.05) is 12.2 Å². The first-order valence-corrected chi connectivity index (χ1v) is 6.30. The lowest BCUT2D eigenvalue weighted by molar-refractivity contribution is 0.223. The molecule has 4 heteroatoms. The van der Waals surface area contributed by atoms with Gasteiger partial charge in [0.05, 0.1) is 5.69 Å². The number of fused-ring (bicyclic) bond motifs is 1. The van der Waals surface area contributed by atoms with Crippen LogP contribution in [-0.2, 0) is 5.54 Å². The molecule has 4 nitrogen and oxygen atoms in total. The molecule has 0 amide bonds. The van der Waals surface area contributed by atoms with Gasteiger partial charge in [-0.1, -0.05) is 30.3 Å². The van der Waals surface area contributed by atoms with E-state index in [9.17, 15) is 0 Å². The summed E-state index contributed by atoms with van der Waals surface area (Å²) in [5.74, 6) is 0.814. The fraction of sp³-hybridized carbons (Fsp3) is 0.200. The molecule has 0 radical (unpaired) electrons. The average molecular weight is 255 g/mol. The first-order valence-electron chi connectivity index (χ1n) is 6.30. The zero-order chi connectivity index (χ0) is 13.3. The van der Waals surface area contributed by atoms with Crippen LogP contribution in [0, 0.1) is 0 Å². The Morgan fingerprint density at radius 2 is 1.95 bits per heavy atom. The van der Waals surface area contributed by atoms with E-state index in [0.29, 0.717) is 18.8 Å². The molecule has 2 aromatic rings. The molecule has 3 rings (SSSR count). The summed E-state index contributed by atoms with van der Waals surface area (Å²) < 4.78 is 5.84. The molecule has 2 aromatic carbocycles. The van der Waals surface area contributed by atoms with E-state index in [1.807, 2.05) is 36.4 Å². The lowest BCUT2D eigenvalue weighted by Gasteiger charge is -2.39. The highest BCUT2D eigenvalue weighted by Crippen LogP contribution is 2.37. The molecule has 0 saturated heterocycles. The summed E-state index contributed by atoms with van der Waals surface area (Å²) in [5, 5.41) is 3.49. The van der Waals surface area contributed by atoms with Crippen LogP contribution in [-0.4, -0.2) is 13.2 Å². The van der Waals surface area contributed by atoms with E-state index >= 15 is 0 Å². The molecule has 0 bridgehead atoms. The molecule has 1 aliphatic heterocycles. The summed E-state index contributed by atoms with van der Waals surface area (Å²) in [6, 6.07) is 15.7. The second kappa shape index (κ2) is 4.48. The predicted molar refractivity (Wildman–Crippen MR) is 77.1 cm³/mol. The number of nitrogens with two attached hydrogens (primary N) is 2. The maximum atomic E-state index is 5.99. The minimum atomic E-state index is -0.401. The van der Waals surface area contributed by atoms with Crippen LogP contribution in [0.3, 0.4) is 0 Å². The SMILES string of the molecule is NCC1(c2ccccc2)COc2ccc(N)cc2N1. The van der Waals surface area contributed by atoms with Crippen molar-refractivity contribution in [3.63, 3.8) is 0 Å². The minimum absolute atomic E-state index is 0.401. The molecular weight excluding hydrogens is 238 g/mol. The van der Waals surface area contributed by atoms with E-state index in [2.05, 4.69) is 17.4 Å². The summed E-state index contributed by atoms with van der Waals surface area (Å²) in [4.78, 5) is 0. The number of nitrogen functional groups attached to an aromatic ring is 1. The molecule has 0 saturated carbocycles. The summed E-state index contributed by atoms with van der Waals surface area (Å²) >= 11 is 0. The number of nitrogens with one attached hydrogen (secondary N) is 1. The van der Waals surface area contributed by atoms with Crippen LogP contribution in [0.25, 0.3) is 0 Å². The highest BCUT2D eigenvalue weighted by molar-refractivity contribution is 5.66. The van der Waals surface area contributed by atoms with E-state index in [1.54, 1.807) is 0 Å². The molecule has 5 N–H and O–H groups in total. The molecular formula is C15H17N3O. The average Bonchev–Trinajstić information content (AvgIpc) is 2.47. The highest BCUT2D eigenvalue weighted by atomic mass is 16.5. The van der Waals surface area contributed by atoms with Crippen molar-refractivity contribution >= 4 is 11.4 Å². The zero-order valence-corrected chi connectivity index (χ0v) is 10.6. The molecule has 1 aliphatic rings. The third-order valence-electron chi connectivity index (χ3n) is 3.53. The van der Waals surface area contributed by atoms with Crippen LogP contribution in [0.2, 0.25) is 0 Å². The number of benzene rings is 2. The van der Waals surface area contributed by atoms with Crippen molar-refractivity contribution in [1.29, 1.82) is 0 Å². The van der Waals surface area contributed by atoms with Gasteiger partial charge in [-0.15, -0.1) is 0 Å². The Labute approximate surface area is 112 Å². The van der Waals surface area contributed by atoms with Gasteiger partial charge in [-0.3, -0.25) is 0 Å². The lowest BCUT2D eigenvalue weighted by atomic mass is 9.89. The molecule has 1 unspecified atom stereocenters. The van der Waals surface area contributed by atoms with Crippen molar-refractivity contribution in [2.45, 2.75) is 5.54 Å². The van der Waals surface area contributed by atoms with Crippen molar-refractivity contribution in [3.8, 4) is 5.75 Å². The Morgan fingerprint density at radius 1 is 1.16 bits per heavy atom. The van der Waals surface area contributed by atoms with E-state index in [1.165, 1.54) is 0 Å². The zero-order valence-electron chi connectivity index (χ0n) is 10.6. The van der Waals surface area contributed by atoms with E-state index in [0.717, 1.165) is 17.0 Å². The second-order valence-electron chi connectivity index (χ2n) is 4.82. The minimum Gasteiger partial charge on any atom is -0.489 e. The lowest BCUT2D eigenvalue weighted by Crippen LogP contribution is -2.49. The van der Waals surface area contributed by atoms with Crippen molar-refractivity contribution in [3.05, 3.63) is 54.1 Å². The van der Waals surface area contributed by atoms with Gasteiger partial charge < -0.3 is 21.5 Å². The topological polar surface area (TPSA) is 73.3 Å². The van der Waals surface area contributed by atoms with Crippen molar-refractivity contribution in [2.75, 3.05) is 24.2 Å². The summed E-state index contributed by atoms with van der Waals surface area (Å²) in [6.45, 7) is 0.954. The summed E-state index contributed by atoms with van der Waals surface area (Å²) in [7, 11) is 0. The second-order valence-corrected chi connectivity index (χ2v) is 4.82. The standard InChI is InChI=1S/C15H17N3O/c16-9-15(11-4-2-1-3-5-11)10-19-14-7-6-12(17)8-13(14)18-15/h1-8,18H,9-10,16-17H2. The number of hydrogen-bond acceptors (Lipinski definition) is 4.